The van der Waals surface area contributed by atoms with Crippen LogP contribution < -0.4 is 5.32 Å². The number of nitrogens with one attached hydrogen (secondary N) is 1. The van der Waals surface area contributed by atoms with E-state index in [1.54, 1.807) is 35.1 Å². The molecular formula is C17H19N3O4. The van der Waals surface area contributed by atoms with Gasteiger partial charge in [0.25, 0.3) is 5.91 Å². The molecule has 1 aliphatic rings. The van der Waals surface area contributed by atoms with Gasteiger partial charge in [0.1, 0.15) is 6.23 Å². The maximum atomic E-state index is 12.3. The average molecular weight is 329 g/mol. The molecule has 2 aromatic rings. The molecule has 7 heteroatoms. The Kier molecular flexibility index (Phi) is 4.90. The fourth-order valence-electron chi connectivity index (χ4n) is 2.59. The van der Waals surface area contributed by atoms with E-state index in [-0.39, 0.29) is 17.8 Å². The van der Waals surface area contributed by atoms with E-state index in [4.69, 9.17) is 9.47 Å². The summed E-state index contributed by atoms with van der Waals surface area (Å²) in [4.78, 5) is 24.3. The Labute approximate surface area is 139 Å². The summed E-state index contributed by atoms with van der Waals surface area (Å²) in [5.74, 6) is -0.919. The molecule has 0 radical (unpaired) electrons. The number of amides is 1. The molecule has 0 bridgehead atoms. The molecule has 0 saturated carbocycles. The summed E-state index contributed by atoms with van der Waals surface area (Å²) in [6.07, 6.45) is 4.24. The van der Waals surface area contributed by atoms with Crippen LogP contribution in [0.3, 0.4) is 0 Å². The van der Waals surface area contributed by atoms with E-state index in [1.807, 2.05) is 6.07 Å². The molecule has 1 atom stereocenters. The molecule has 1 saturated heterocycles. The van der Waals surface area contributed by atoms with Gasteiger partial charge in [-0.05, 0) is 31.4 Å². The van der Waals surface area contributed by atoms with Crippen molar-refractivity contribution in [2.24, 2.45) is 0 Å². The van der Waals surface area contributed by atoms with E-state index in [2.05, 4.69) is 10.4 Å². The highest BCUT2D eigenvalue weighted by atomic mass is 16.5. The van der Waals surface area contributed by atoms with Gasteiger partial charge < -0.3 is 14.8 Å². The van der Waals surface area contributed by atoms with Gasteiger partial charge in [0, 0.05) is 12.2 Å². The fraction of sp³-hybridized carbons (Fsp3) is 0.353. The summed E-state index contributed by atoms with van der Waals surface area (Å²) in [6, 6.07) is 8.77. The van der Waals surface area contributed by atoms with Crippen molar-refractivity contribution in [1.29, 1.82) is 0 Å². The van der Waals surface area contributed by atoms with Gasteiger partial charge in [-0.2, -0.15) is 5.10 Å². The van der Waals surface area contributed by atoms with Gasteiger partial charge in [-0.25, -0.2) is 9.48 Å². The van der Waals surface area contributed by atoms with Crippen molar-refractivity contribution in [3.8, 4) is 0 Å². The molecule has 7 nitrogen and oxygen atoms in total. The van der Waals surface area contributed by atoms with Gasteiger partial charge in [-0.15, -0.1) is 0 Å². The third kappa shape index (κ3) is 3.46. The molecule has 24 heavy (non-hydrogen) atoms. The average Bonchev–Trinajstić information content (AvgIpc) is 3.06. The topological polar surface area (TPSA) is 82.4 Å². The molecule has 2 heterocycles. The summed E-state index contributed by atoms with van der Waals surface area (Å²) in [6.45, 7) is 0.657. The maximum Gasteiger partial charge on any atom is 0.360 e. The zero-order valence-electron chi connectivity index (χ0n) is 13.4. The Hall–Kier alpha value is -2.67. The second kappa shape index (κ2) is 7.27. The van der Waals surface area contributed by atoms with E-state index in [0.717, 1.165) is 19.3 Å². The number of aromatic nitrogens is 2. The second-order valence-electron chi connectivity index (χ2n) is 5.50. The normalized spacial score (nSPS) is 17.3. The zero-order chi connectivity index (χ0) is 16.9. The number of carbonyl (C=O) groups is 2. The molecular weight excluding hydrogens is 310 g/mol. The van der Waals surface area contributed by atoms with Crippen LogP contribution in [-0.4, -0.2) is 35.4 Å². The summed E-state index contributed by atoms with van der Waals surface area (Å²) >= 11 is 0. The molecule has 1 unspecified atom stereocenters. The highest BCUT2D eigenvalue weighted by molar-refractivity contribution is 6.07. The number of ether oxygens (including phenoxy) is 2. The van der Waals surface area contributed by atoms with Crippen molar-refractivity contribution >= 4 is 17.6 Å². The molecule has 1 amide bonds. The Morgan fingerprint density at radius 3 is 2.75 bits per heavy atom. The number of hydrogen-bond donors (Lipinski definition) is 1. The third-order valence-electron chi connectivity index (χ3n) is 3.85. The highest BCUT2D eigenvalue weighted by Gasteiger charge is 2.24. The molecule has 1 aromatic heterocycles. The number of methoxy groups -OCH3 is 1. The minimum Gasteiger partial charge on any atom is -0.464 e. The summed E-state index contributed by atoms with van der Waals surface area (Å²) in [5, 5.41) is 6.98. The van der Waals surface area contributed by atoms with E-state index in [1.165, 1.54) is 7.11 Å². The number of nitrogens with zero attached hydrogens (tertiary/aromatic N) is 2. The lowest BCUT2D eigenvalue weighted by atomic mass is 10.2. The summed E-state index contributed by atoms with van der Waals surface area (Å²) in [5.41, 5.74) is 0.871. The maximum absolute atomic E-state index is 12.3. The molecule has 1 aliphatic heterocycles. The van der Waals surface area contributed by atoms with E-state index < -0.39 is 5.97 Å². The Morgan fingerprint density at radius 1 is 1.29 bits per heavy atom. The van der Waals surface area contributed by atoms with Crippen LogP contribution in [0.5, 0.6) is 0 Å². The Bertz CT molecular complexity index is 721. The van der Waals surface area contributed by atoms with Crippen LogP contribution >= 0.6 is 0 Å². The van der Waals surface area contributed by atoms with Crippen molar-refractivity contribution in [3.63, 3.8) is 0 Å². The lowest BCUT2D eigenvalue weighted by Crippen LogP contribution is -2.19. The van der Waals surface area contributed by atoms with Gasteiger partial charge in [0.15, 0.2) is 5.69 Å². The van der Waals surface area contributed by atoms with Crippen LogP contribution in [0, 0.1) is 0 Å². The lowest BCUT2D eigenvalue weighted by Gasteiger charge is -2.22. The number of rotatable bonds is 4. The Morgan fingerprint density at radius 2 is 2.08 bits per heavy atom. The van der Waals surface area contributed by atoms with Crippen molar-refractivity contribution in [2.45, 2.75) is 25.5 Å². The van der Waals surface area contributed by atoms with Crippen molar-refractivity contribution in [3.05, 3.63) is 47.8 Å². The smallest absolute Gasteiger partial charge is 0.360 e. The van der Waals surface area contributed by atoms with Gasteiger partial charge in [0.05, 0.1) is 19.0 Å². The Balaban J connectivity index is 1.86. The molecule has 1 fully saturated rings. The summed E-state index contributed by atoms with van der Waals surface area (Å²) < 4.78 is 12.0. The van der Waals surface area contributed by atoms with Crippen LogP contribution in [0.25, 0.3) is 0 Å². The highest BCUT2D eigenvalue weighted by Crippen LogP contribution is 2.25. The standard InChI is InChI=1S/C17H19N3O4/c1-23-17(22)15-13(18-16(21)12-7-3-2-4-8-12)11-20(19-15)14-9-5-6-10-24-14/h2-4,7-8,11,14H,5-6,9-10H2,1H3,(H,18,21). The van der Waals surface area contributed by atoms with Crippen molar-refractivity contribution in [2.75, 3.05) is 19.0 Å². The largest absolute Gasteiger partial charge is 0.464 e. The number of hydrogen-bond acceptors (Lipinski definition) is 5. The van der Waals surface area contributed by atoms with Gasteiger partial charge >= 0.3 is 5.97 Å². The van der Waals surface area contributed by atoms with Gasteiger partial charge in [-0.1, -0.05) is 18.2 Å². The minimum absolute atomic E-state index is 0.0657. The monoisotopic (exact) mass is 329 g/mol. The lowest BCUT2D eigenvalue weighted by molar-refractivity contribution is -0.0396. The van der Waals surface area contributed by atoms with E-state index >= 15 is 0 Å². The van der Waals surface area contributed by atoms with Gasteiger partial charge in [-0.3, -0.25) is 4.79 Å². The predicted octanol–water partition coefficient (Wildman–Crippen LogP) is 2.62. The van der Waals surface area contributed by atoms with Crippen LogP contribution in [0.15, 0.2) is 36.5 Å². The zero-order valence-corrected chi connectivity index (χ0v) is 13.4. The second-order valence-corrected chi connectivity index (χ2v) is 5.50. The number of anilines is 1. The van der Waals surface area contributed by atoms with Crippen LogP contribution in [0.2, 0.25) is 0 Å². The van der Waals surface area contributed by atoms with Crippen LogP contribution in [0.1, 0.15) is 46.3 Å². The molecule has 3 rings (SSSR count). The minimum atomic E-state index is -0.604. The molecule has 1 aromatic carbocycles. The van der Waals surface area contributed by atoms with Crippen LogP contribution in [-0.2, 0) is 9.47 Å². The summed E-state index contributed by atoms with van der Waals surface area (Å²) in [7, 11) is 1.28. The quantitative estimate of drug-likeness (QED) is 0.872. The third-order valence-corrected chi connectivity index (χ3v) is 3.85. The van der Waals surface area contributed by atoms with Gasteiger partial charge in [0.2, 0.25) is 0 Å². The van der Waals surface area contributed by atoms with E-state index in [0.29, 0.717) is 17.9 Å². The van der Waals surface area contributed by atoms with Crippen LogP contribution in [0.4, 0.5) is 5.69 Å². The molecule has 1 N–H and O–H groups in total. The number of esters is 1. The van der Waals surface area contributed by atoms with Crippen molar-refractivity contribution in [1.82, 2.24) is 9.78 Å². The number of carbonyl (C=O) groups excluding carboxylic acids is 2. The first-order chi connectivity index (χ1) is 11.7. The fourth-order valence-corrected chi connectivity index (χ4v) is 2.59. The first-order valence-corrected chi connectivity index (χ1v) is 7.84. The predicted molar refractivity (Wildman–Crippen MR) is 86.8 cm³/mol. The van der Waals surface area contributed by atoms with E-state index in [9.17, 15) is 9.59 Å². The molecule has 0 aliphatic carbocycles. The molecule has 0 spiro atoms. The number of benzene rings is 1. The SMILES string of the molecule is COC(=O)c1nn(C2CCCCO2)cc1NC(=O)c1ccccc1. The van der Waals surface area contributed by atoms with Crippen molar-refractivity contribution < 1.29 is 19.1 Å². The molecule has 126 valence electrons. The first kappa shape index (κ1) is 16.2. The first-order valence-electron chi connectivity index (χ1n) is 7.84.